The molecule has 3 aliphatic carbocycles. The number of aliphatic hydroxyl groups is 2. The largest absolute Gasteiger partial charge is 0.388 e. The van der Waals surface area contributed by atoms with Gasteiger partial charge in [0.2, 0.25) is 0 Å². The maximum Gasteiger partial charge on any atom is 0.0809 e. The van der Waals surface area contributed by atoms with E-state index in [1.54, 1.807) is 5.57 Å². The Morgan fingerprint density at radius 2 is 1.89 bits per heavy atom. The Morgan fingerprint density at radius 1 is 1.19 bits per heavy atom. The summed E-state index contributed by atoms with van der Waals surface area (Å²) in [5.74, 6) is 2.44. The van der Waals surface area contributed by atoms with Crippen molar-refractivity contribution < 1.29 is 10.2 Å². The Morgan fingerprint density at radius 3 is 2.56 bits per heavy atom. The molecule has 2 heteroatoms. The molecule has 0 radical (unpaired) electrons. The van der Waals surface area contributed by atoms with E-state index in [1.165, 1.54) is 51.4 Å². The molecule has 3 aliphatic rings. The Kier molecular flexibility index (Phi) is 6.69. The quantitative estimate of drug-likeness (QED) is 0.585. The van der Waals surface area contributed by atoms with Crippen molar-refractivity contribution >= 4 is 0 Å². The SMILES string of the molecule is C=C1[C@H](O)CC(=C/C=C2\CCC[C@@]3(C)C2CCC3[C@@H](C)CCCC)C[C@H]1O. The predicted molar refractivity (Wildman–Crippen MR) is 113 cm³/mol. The number of hydrogen-bond acceptors (Lipinski definition) is 2. The zero-order valence-electron chi connectivity index (χ0n) is 17.7. The molecule has 6 atom stereocenters. The average Bonchev–Trinajstić information content (AvgIpc) is 2.99. The molecule has 0 saturated heterocycles. The smallest absolute Gasteiger partial charge is 0.0809 e. The third-order valence-corrected chi connectivity index (χ3v) is 8.04. The third kappa shape index (κ3) is 4.27. The number of allylic oxidation sites excluding steroid dienone is 3. The normalized spacial score (nSPS) is 39.5. The van der Waals surface area contributed by atoms with Crippen LogP contribution in [-0.4, -0.2) is 22.4 Å². The lowest BCUT2D eigenvalue weighted by Crippen LogP contribution is -2.36. The van der Waals surface area contributed by atoms with Crippen molar-refractivity contribution in [3.8, 4) is 0 Å². The monoisotopic (exact) mass is 372 g/mol. The van der Waals surface area contributed by atoms with Crippen LogP contribution in [0.25, 0.3) is 0 Å². The highest BCUT2D eigenvalue weighted by Gasteiger charge is 2.50. The summed E-state index contributed by atoms with van der Waals surface area (Å²) in [7, 11) is 0. The van der Waals surface area contributed by atoms with E-state index in [0.29, 0.717) is 23.8 Å². The Balaban J connectivity index is 1.74. The standard InChI is InChI=1S/C25H40O2/c1-5-6-8-17(2)21-12-13-22-20(9-7-14-25(21,22)4)11-10-19-15-23(26)18(3)24(27)16-19/h10-11,17,21-24,26-27H,3,5-9,12-16H2,1-2,4H3/b20-11+/t17-,21?,22?,23+,24+,25+/m0/s1. The van der Waals surface area contributed by atoms with E-state index in [4.69, 9.17) is 0 Å². The lowest BCUT2D eigenvalue weighted by Gasteiger charge is -2.44. The maximum atomic E-state index is 10.1. The fraction of sp³-hybridized carbons (Fsp3) is 0.760. The van der Waals surface area contributed by atoms with Gasteiger partial charge in [0.25, 0.3) is 0 Å². The third-order valence-electron chi connectivity index (χ3n) is 8.04. The molecule has 3 fully saturated rings. The Labute approximate surface area is 166 Å². The lowest BCUT2D eigenvalue weighted by molar-refractivity contribution is 0.0934. The summed E-state index contributed by atoms with van der Waals surface area (Å²) in [6.07, 6.45) is 15.3. The van der Waals surface area contributed by atoms with E-state index >= 15 is 0 Å². The van der Waals surface area contributed by atoms with E-state index in [9.17, 15) is 10.2 Å². The molecular weight excluding hydrogens is 332 g/mol. The first kappa shape index (κ1) is 20.9. The van der Waals surface area contributed by atoms with Crippen LogP contribution < -0.4 is 0 Å². The molecule has 0 spiro atoms. The second-order valence-electron chi connectivity index (χ2n) is 9.80. The van der Waals surface area contributed by atoms with Crippen molar-refractivity contribution in [2.45, 2.75) is 97.2 Å². The highest BCUT2D eigenvalue weighted by Crippen LogP contribution is 2.59. The zero-order valence-corrected chi connectivity index (χ0v) is 17.7. The van der Waals surface area contributed by atoms with Crippen molar-refractivity contribution in [3.63, 3.8) is 0 Å². The van der Waals surface area contributed by atoms with Gasteiger partial charge in [-0.3, -0.25) is 0 Å². The van der Waals surface area contributed by atoms with Gasteiger partial charge in [-0.1, -0.05) is 69.9 Å². The summed E-state index contributed by atoms with van der Waals surface area (Å²) >= 11 is 0. The number of hydrogen-bond donors (Lipinski definition) is 2. The van der Waals surface area contributed by atoms with E-state index in [-0.39, 0.29) is 0 Å². The first-order valence-corrected chi connectivity index (χ1v) is 11.3. The predicted octanol–water partition coefficient (Wildman–Crippen LogP) is 5.95. The van der Waals surface area contributed by atoms with E-state index < -0.39 is 12.2 Å². The molecule has 0 aromatic rings. The summed E-state index contributed by atoms with van der Waals surface area (Å²) in [5, 5.41) is 20.2. The molecule has 2 unspecified atom stereocenters. The average molecular weight is 373 g/mol. The van der Waals surface area contributed by atoms with Crippen molar-refractivity contribution in [3.05, 3.63) is 35.5 Å². The van der Waals surface area contributed by atoms with Gasteiger partial charge in [-0.15, -0.1) is 0 Å². The van der Waals surface area contributed by atoms with Gasteiger partial charge >= 0.3 is 0 Å². The Bertz CT molecular complexity index is 585. The highest BCUT2D eigenvalue weighted by atomic mass is 16.3. The highest BCUT2D eigenvalue weighted by molar-refractivity contribution is 5.29. The van der Waals surface area contributed by atoms with Crippen LogP contribution in [0.1, 0.15) is 85.0 Å². The van der Waals surface area contributed by atoms with Gasteiger partial charge in [0, 0.05) is 0 Å². The molecule has 0 aliphatic heterocycles. The number of rotatable bonds is 5. The summed E-state index contributed by atoms with van der Waals surface area (Å²) in [6, 6.07) is 0. The minimum atomic E-state index is -0.592. The van der Waals surface area contributed by atoms with Crippen LogP contribution in [0.15, 0.2) is 35.5 Å². The minimum Gasteiger partial charge on any atom is -0.388 e. The van der Waals surface area contributed by atoms with Gasteiger partial charge in [-0.2, -0.15) is 0 Å². The van der Waals surface area contributed by atoms with Crippen molar-refractivity contribution in [1.82, 2.24) is 0 Å². The Hall–Kier alpha value is -0.860. The van der Waals surface area contributed by atoms with E-state index in [0.717, 1.165) is 23.3 Å². The van der Waals surface area contributed by atoms with Crippen LogP contribution in [-0.2, 0) is 0 Å². The minimum absolute atomic E-state index is 0.468. The molecule has 3 rings (SSSR count). The van der Waals surface area contributed by atoms with Crippen molar-refractivity contribution in [2.24, 2.45) is 23.2 Å². The second-order valence-corrected chi connectivity index (χ2v) is 9.80. The molecule has 2 N–H and O–H groups in total. The molecular formula is C25H40O2. The first-order chi connectivity index (χ1) is 12.9. The summed E-state index contributed by atoms with van der Waals surface area (Å²) < 4.78 is 0. The van der Waals surface area contributed by atoms with Crippen LogP contribution in [0.3, 0.4) is 0 Å². The van der Waals surface area contributed by atoms with Crippen LogP contribution in [0, 0.1) is 23.2 Å². The van der Waals surface area contributed by atoms with E-state index in [2.05, 4.69) is 39.5 Å². The van der Waals surface area contributed by atoms with Gasteiger partial charge < -0.3 is 10.2 Å². The van der Waals surface area contributed by atoms with Crippen LogP contribution >= 0.6 is 0 Å². The molecule has 0 aromatic heterocycles. The second kappa shape index (κ2) is 8.66. The molecule has 0 amide bonds. The molecule has 2 nitrogen and oxygen atoms in total. The molecule has 27 heavy (non-hydrogen) atoms. The lowest BCUT2D eigenvalue weighted by atomic mass is 9.60. The van der Waals surface area contributed by atoms with Crippen LogP contribution in [0.2, 0.25) is 0 Å². The van der Waals surface area contributed by atoms with Gasteiger partial charge in [0.05, 0.1) is 12.2 Å². The summed E-state index contributed by atoms with van der Waals surface area (Å²) in [6.45, 7) is 11.2. The number of unbranched alkanes of at least 4 members (excludes halogenated alkanes) is 1. The maximum absolute atomic E-state index is 10.1. The molecule has 3 saturated carbocycles. The molecule has 0 aromatic carbocycles. The fourth-order valence-corrected chi connectivity index (χ4v) is 6.37. The van der Waals surface area contributed by atoms with Gasteiger partial charge in [-0.25, -0.2) is 0 Å². The number of aliphatic hydroxyl groups excluding tert-OH is 2. The fourth-order valence-electron chi connectivity index (χ4n) is 6.37. The van der Waals surface area contributed by atoms with Crippen LogP contribution in [0.4, 0.5) is 0 Å². The van der Waals surface area contributed by atoms with Crippen molar-refractivity contribution in [1.29, 1.82) is 0 Å². The van der Waals surface area contributed by atoms with Crippen LogP contribution in [0.5, 0.6) is 0 Å². The zero-order chi connectivity index (χ0) is 19.6. The number of fused-ring (bicyclic) bond motifs is 1. The summed E-state index contributed by atoms with van der Waals surface area (Å²) in [5.41, 5.74) is 3.82. The molecule has 0 heterocycles. The van der Waals surface area contributed by atoms with E-state index in [1.807, 2.05) is 0 Å². The van der Waals surface area contributed by atoms with Gasteiger partial charge in [-0.05, 0) is 73.7 Å². The van der Waals surface area contributed by atoms with Gasteiger partial charge in [0.15, 0.2) is 0 Å². The van der Waals surface area contributed by atoms with Gasteiger partial charge in [0.1, 0.15) is 0 Å². The topological polar surface area (TPSA) is 40.5 Å². The molecule has 0 bridgehead atoms. The first-order valence-electron chi connectivity index (χ1n) is 11.3. The molecule has 152 valence electrons. The van der Waals surface area contributed by atoms with Crippen molar-refractivity contribution in [2.75, 3.05) is 0 Å². The summed E-state index contributed by atoms with van der Waals surface area (Å²) in [4.78, 5) is 0.